The lowest BCUT2D eigenvalue weighted by atomic mass is 10.1. The van der Waals surface area contributed by atoms with Crippen LogP contribution in [0.2, 0.25) is 0 Å². The van der Waals surface area contributed by atoms with Gasteiger partial charge in [-0.2, -0.15) is 5.10 Å². The van der Waals surface area contributed by atoms with Crippen molar-refractivity contribution in [1.82, 2.24) is 15.5 Å². The SMILES string of the molecule is C[C@H](NC(=O)c1[nH]ncc1N)c1ccccc1. The van der Waals surface area contributed by atoms with Gasteiger partial charge < -0.3 is 11.1 Å². The van der Waals surface area contributed by atoms with Crippen molar-refractivity contribution in [3.63, 3.8) is 0 Å². The predicted octanol–water partition coefficient (Wildman–Crippen LogP) is 1.48. The third-order valence-corrected chi connectivity index (χ3v) is 2.54. The molecule has 1 aromatic heterocycles. The van der Waals surface area contributed by atoms with Crippen LogP contribution in [0.4, 0.5) is 5.69 Å². The van der Waals surface area contributed by atoms with Gasteiger partial charge in [-0.25, -0.2) is 0 Å². The molecule has 0 saturated heterocycles. The highest BCUT2D eigenvalue weighted by atomic mass is 16.2. The number of benzene rings is 1. The topological polar surface area (TPSA) is 83.8 Å². The van der Waals surface area contributed by atoms with Gasteiger partial charge in [0.05, 0.1) is 17.9 Å². The van der Waals surface area contributed by atoms with Crippen molar-refractivity contribution in [3.8, 4) is 0 Å². The summed E-state index contributed by atoms with van der Waals surface area (Å²) in [4.78, 5) is 11.8. The molecule has 5 heteroatoms. The first kappa shape index (κ1) is 11.2. The summed E-state index contributed by atoms with van der Waals surface area (Å²) < 4.78 is 0. The number of carbonyl (C=O) groups excluding carboxylic acids is 1. The quantitative estimate of drug-likeness (QED) is 0.746. The van der Waals surface area contributed by atoms with Gasteiger partial charge in [0, 0.05) is 0 Å². The number of nitrogens with two attached hydrogens (primary N) is 1. The number of hydrogen-bond donors (Lipinski definition) is 3. The van der Waals surface area contributed by atoms with Crippen molar-refractivity contribution >= 4 is 11.6 Å². The monoisotopic (exact) mass is 230 g/mol. The van der Waals surface area contributed by atoms with E-state index in [2.05, 4.69) is 15.5 Å². The van der Waals surface area contributed by atoms with Crippen molar-refractivity contribution in [3.05, 3.63) is 47.8 Å². The number of H-pyrrole nitrogens is 1. The van der Waals surface area contributed by atoms with E-state index in [1.54, 1.807) is 0 Å². The van der Waals surface area contributed by atoms with E-state index in [4.69, 9.17) is 5.73 Å². The second kappa shape index (κ2) is 4.69. The van der Waals surface area contributed by atoms with Crippen LogP contribution >= 0.6 is 0 Å². The number of nitrogen functional groups attached to an aromatic ring is 1. The number of nitrogens with one attached hydrogen (secondary N) is 2. The second-order valence-corrected chi connectivity index (χ2v) is 3.81. The molecule has 1 heterocycles. The maximum atomic E-state index is 11.8. The largest absolute Gasteiger partial charge is 0.396 e. The van der Waals surface area contributed by atoms with Crippen LogP contribution in [0.15, 0.2) is 36.5 Å². The van der Waals surface area contributed by atoms with Crippen molar-refractivity contribution in [2.75, 3.05) is 5.73 Å². The molecule has 1 aromatic carbocycles. The predicted molar refractivity (Wildman–Crippen MR) is 65.3 cm³/mol. The molecule has 0 aliphatic rings. The van der Waals surface area contributed by atoms with E-state index in [0.717, 1.165) is 5.56 Å². The van der Waals surface area contributed by atoms with Crippen molar-refractivity contribution in [2.45, 2.75) is 13.0 Å². The van der Waals surface area contributed by atoms with Crippen LogP contribution in [0.5, 0.6) is 0 Å². The average Bonchev–Trinajstić information content (AvgIpc) is 2.76. The van der Waals surface area contributed by atoms with Gasteiger partial charge in [0.25, 0.3) is 5.91 Å². The summed E-state index contributed by atoms with van der Waals surface area (Å²) in [5, 5.41) is 9.14. The fourth-order valence-electron chi connectivity index (χ4n) is 1.57. The van der Waals surface area contributed by atoms with E-state index in [1.807, 2.05) is 37.3 Å². The number of aromatic nitrogens is 2. The summed E-state index contributed by atoms with van der Waals surface area (Å²) in [6, 6.07) is 9.64. The molecule has 2 aromatic rings. The zero-order chi connectivity index (χ0) is 12.3. The Kier molecular flexibility index (Phi) is 3.09. The molecule has 2 rings (SSSR count). The number of amides is 1. The van der Waals surface area contributed by atoms with E-state index in [1.165, 1.54) is 6.20 Å². The van der Waals surface area contributed by atoms with E-state index in [0.29, 0.717) is 11.4 Å². The molecule has 4 N–H and O–H groups in total. The molecule has 1 atom stereocenters. The first-order valence-electron chi connectivity index (χ1n) is 5.33. The first-order valence-corrected chi connectivity index (χ1v) is 5.33. The van der Waals surface area contributed by atoms with Crippen LogP contribution in [0.1, 0.15) is 29.0 Å². The minimum absolute atomic E-state index is 0.0774. The molecule has 0 aliphatic carbocycles. The van der Waals surface area contributed by atoms with Gasteiger partial charge in [0.15, 0.2) is 0 Å². The van der Waals surface area contributed by atoms with Crippen LogP contribution in [-0.4, -0.2) is 16.1 Å². The molecule has 0 saturated carbocycles. The Morgan fingerprint density at radius 1 is 1.41 bits per heavy atom. The summed E-state index contributed by atoms with van der Waals surface area (Å²) in [5.41, 5.74) is 7.29. The number of aromatic amines is 1. The van der Waals surface area contributed by atoms with Crippen LogP contribution in [-0.2, 0) is 0 Å². The molecule has 0 bridgehead atoms. The number of carbonyl (C=O) groups is 1. The molecule has 5 nitrogen and oxygen atoms in total. The van der Waals surface area contributed by atoms with Crippen LogP contribution in [0.25, 0.3) is 0 Å². The maximum Gasteiger partial charge on any atom is 0.271 e. The van der Waals surface area contributed by atoms with Crippen molar-refractivity contribution < 1.29 is 4.79 Å². The average molecular weight is 230 g/mol. The number of rotatable bonds is 3. The third kappa shape index (κ3) is 2.44. The molecule has 0 radical (unpaired) electrons. The lowest BCUT2D eigenvalue weighted by Gasteiger charge is -2.13. The lowest BCUT2D eigenvalue weighted by molar-refractivity contribution is 0.0935. The van der Waals surface area contributed by atoms with Crippen molar-refractivity contribution in [1.29, 1.82) is 0 Å². The lowest BCUT2D eigenvalue weighted by Crippen LogP contribution is -2.27. The fraction of sp³-hybridized carbons (Fsp3) is 0.167. The van der Waals surface area contributed by atoms with Crippen LogP contribution < -0.4 is 11.1 Å². The minimum Gasteiger partial charge on any atom is -0.396 e. The Labute approximate surface area is 99.0 Å². The summed E-state index contributed by atoms with van der Waals surface area (Å²) in [6.07, 6.45) is 1.42. The normalized spacial score (nSPS) is 12.1. The summed E-state index contributed by atoms with van der Waals surface area (Å²) in [7, 11) is 0. The van der Waals surface area contributed by atoms with E-state index >= 15 is 0 Å². The first-order chi connectivity index (χ1) is 8.18. The Hall–Kier alpha value is -2.30. The third-order valence-electron chi connectivity index (χ3n) is 2.54. The molecule has 88 valence electrons. The van der Waals surface area contributed by atoms with E-state index in [9.17, 15) is 4.79 Å². The van der Waals surface area contributed by atoms with Gasteiger partial charge in [-0.1, -0.05) is 30.3 Å². The molecular formula is C12H14N4O. The minimum atomic E-state index is -0.253. The van der Waals surface area contributed by atoms with E-state index in [-0.39, 0.29) is 11.9 Å². The highest BCUT2D eigenvalue weighted by Gasteiger charge is 2.14. The van der Waals surface area contributed by atoms with Gasteiger partial charge in [-0.15, -0.1) is 0 Å². The van der Waals surface area contributed by atoms with Crippen LogP contribution in [0.3, 0.4) is 0 Å². The summed E-state index contributed by atoms with van der Waals surface area (Å²) in [6.45, 7) is 1.92. The smallest absolute Gasteiger partial charge is 0.271 e. The standard InChI is InChI=1S/C12H14N4O/c1-8(9-5-3-2-4-6-9)15-12(17)11-10(13)7-14-16-11/h2-8H,13H2,1H3,(H,14,16)(H,15,17)/t8-/m0/s1. The van der Waals surface area contributed by atoms with Gasteiger partial charge >= 0.3 is 0 Å². The second-order valence-electron chi connectivity index (χ2n) is 3.81. The Balaban J connectivity index is 2.08. The van der Waals surface area contributed by atoms with E-state index < -0.39 is 0 Å². The highest BCUT2D eigenvalue weighted by Crippen LogP contribution is 2.13. The highest BCUT2D eigenvalue weighted by molar-refractivity contribution is 5.97. The number of hydrogen-bond acceptors (Lipinski definition) is 3. The van der Waals surface area contributed by atoms with Crippen molar-refractivity contribution in [2.24, 2.45) is 0 Å². The van der Waals surface area contributed by atoms with Gasteiger partial charge in [0.1, 0.15) is 5.69 Å². The Bertz CT molecular complexity index is 506. The maximum absolute atomic E-state index is 11.8. The van der Waals surface area contributed by atoms with Crippen LogP contribution in [0, 0.1) is 0 Å². The fourth-order valence-corrected chi connectivity index (χ4v) is 1.57. The van der Waals surface area contributed by atoms with Gasteiger partial charge in [-0.05, 0) is 12.5 Å². The zero-order valence-electron chi connectivity index (χ0n) is 9.47. The molecule has 0 spiro atoms. The molecule has 0 aliphatic heterocycles. The number of nitrogens with zero attached hydrogens (tertiary/aromatic N) is 1. The summed E-state index contributed by atoms with van der Waals surface area (Å²) >= 11 is 0. The van der Waals surface area contributed by atoms with Gasteiger partial charge in [0.2, 0.25) is 0 Å². The Morgan fingerprint density at radius 2 is 2.12 bits per heavy atom. The molecule has 0 unspecified atom stereocenters. The molecule has 1 amide bonds. The molecule has 0 fully saturated rings. The molecular weight excluding hydrogens is 216 g/mol. The molecule has 17 heavy (non-hydrogen) atoms. The Morgan fingerprint density at radius 3 is 2.71 bits per heavy atom. The number of anilines is 1. The zero-order valence-corrected chi connectivity index (χ0v) is 9.47. The summed E-state index contributed by atoms with van der Waals surface area (Å²) in [5.74, 6) is -0.253. The van der Waals surface area contributed by atoms with Gasteiger partial charge in [-0.3, -0.25) is 9.89 Å².